The maximum atomic E-state index is 12.4. The van der Waals surface area contributed by atoms with Crippen molar-refractivity contribution < 1.29 is 29.6 Å². The van der Waals surface area contributed by atoms with Crippen LogP contribution in [-0.2, 0) is 14.3 Å². The van der Waals surface area contributed by atoms with E-state index in [1.54, 1.807) is 6.08 Å². The van der Waals surface area contributed by atoms with E-state index in [0.717, 1.165) is 38.5 Å². The van der Waals surface area contributed by atoms with Gasteiger partial charge in [0.15, 0.2) is 0 Å². The molecule has 0 amide bonds. The summed E-state index contributed by atoms with van der Waals surface area (Å²) in [6.45, 7) is 8.33. The van der Waals surface area contributed by atoms with Crippen LogP contribution in [0.15, 0.2) is 12.2 Å². The van der Waals surface area contributed by atoms with Crippen LogP contribution in [0.3, 0.4) is 0 Å². The second kappa shape index (κ2) is 12.3. The molecule has 1 rings (SSSR count). The number of aliphatic hydroxyl groups is 2. The molecule has 0 bridgehead atoms. The molecule has 1 fully saturated rings. The summed E-state index contributed by atoms with van der Waals surface area (Å²) in [5.74, 6) is -0.354. The summed E-state index contributed by atoms with van der Waals surface area (Å²) in [4.78, 5) is 23.1. The minimum Gasteiger partial charge on any atom is -0.481 e. The van der Waals surface area contributed by atoms with E-state index < -0.39 is 23.6 Å². The third-order valence-corrected chi connectivity index (χ3v) is 6.27. The maximum absolute atomic E-state index is 12.4. The maximum Gasteiger partial charge on any atom is 0.311 e. The third-order valence-electron chi connectivity index (χ3n) is 6.27. The number of aliphatic hydroxyl groups excluding tert-OH is 2. The van der Waals surface area contributed by atoms with E-state index in [0.29, 0.717) is 12.5 Å². The summed E-state index contributed by atoms with van der Waals surface area (Å²) < 4.78 is 5.72. The summed E-state index contributed by atoms with van der Waals surface area (Å²) in [5, 5.41) is 28.6. The highest BCUT2D eigenvalue weighted by atomic mass is 16.5. The van der Waals surface area contributed by atoms with E-state index in [1.165, 1.54) is 0 Å². The van der Waals surface area contributed by atoms with Gasteiger partial charge in [-0.05, 0) is 38.5 Å². The van der Waals surface area contributed by atoms with Gasteiger partial charge in [-0.2, -0.15) is 0 Å². The lowest BCUT2D eigenvalue weighted by molar-refractivity contribution is -0.157. The molecule has 0 radical (unpaired) electrons. The Bertz CT molecular complexity index is 539. The quantitative estimate of drug-likeness (QED) is 0.331. The highest BCUT2D eigenvalue weighted by Crippen LogP contribution is 2.39. The second-order valence-corrected chi connectivity index (χ2v) is 9.08. The van der Waals surface area contributed by atoms with Crippen molar-refractivity contribution >= 4 is 11.9 Å². The number of carbonyl (C=O) groups excluding carboxylic acids is 1. The summed E-state index contributed by atoms with van der Waals surface area (Å²) in [5.41, 5.74) is -0.489. The van der Waals surface area contributed by atoms with Crippen molar-refractivity contribution in [2.75, 3.05) is 6.61 Å². The lowest BCUT2D eigenvalue weighted by Gasteiger charge is -2.37. The first-order valence-corrected chi connectivity index (χ1v) is 11.0. The highest BCUT2D eigenvalue weighted by molar-refractivity contribution is 5.75. The Hall–Kier alpha value is -1.40. The average molecular weight is 413 g/mol. The number of aliphatic carboxylic acids is 1. The van der Waals surface area contributed by atoms with E-state index in [-0.39, 0.29) is 30.6 Å². The van der Waals surface area contributed by atoms with Gasteiger partial charge in [0.05, 0.1) is 30.7 Å². The predicted octanol–water partition coefficient (Wildman–Crippen LogP) is 3.94. The van der Waals surface area contributed by atoms with Crippen molar-refractivity contribution in [1.82, 2.24) is 0 Å². The molecule has 6 nitrogen and oxygen atoms in total. The normalized spacial score (nSPS) is 25.0. The first-order valence-electron chi connectivity index (χ1n) is 11.0. The zero-order valence-corrected chi connectivity index (χ0v) is 18.5. The first kappa shape index (κ1) is 25.6. The van der Waals surface area contributed by atoms with Crippen LogP contribution in [0.25, 0.3) is 0 Å². The lowest BCUT2D eigenvalue weighted by Crippen LogP contribution is -2.34. The Balaban J connectivity index is 2.77. The fourth-order valence-electron chi connectivity index (χ4n) is 4.05. The first-order chi connectivity index (χ1) is 13.6. The Morgan fingerprint density at radius 1 is 1.21 bits per heavy atom. The van der Waals surface area contributed by atoms with Gasteiger partial charge in [-0.1, -0.05) is 51.7 Å². The van der Waals surface area contributed by atoms with Gasteiger partial charge in [0.25, 0.3) is 0 Å². The minimum absolute atomic E-state index is 0.00174. The number of carboxylic acids is 1. The van der Waals surface area contributed by atoms with Crippen LogP contribution in [0.5, 0.6) is 0 Å². The molecular formula is C23H40O6. The van der Waals surface area contributed by atoms with E-state index in [4.69, 9.17) is 9.84 Å². The number of ether oxygens (including phenoxy) is 1. The molecule has 168 valence electrons. The molecule has 0 aromatic carbocycles. The molecule has 1 aliphatic carbocycles. The zero-order chi connectivity index (χ0) is 22.0. The molecule has 3 N–H and O–H groups in total. The standard InChI is InChI=1S/C23H40O6/c1-5-8-16-9-7-10-17(11-12-18(24)13-19(25)14-21(26)27)20(16)15-29-22(28)23(3,4)6-2/h11-12,16-20,24-25H,5-10,13-15H2,1-4H3,(H,26,27)/b12-11+/t16-,17-,18-,19-,20+/m1/s1. The van der Waals surface area contributed by atoms with Crippen molar-refractivity contribution in [3.8, 4) is 0 Å². The minimum atomic E-state index is -1.08. The molecule has 0 heterocycles. The Labute approximate surface area is 175 Å². The topological polar surface area (TPSA) is 104 Å². The van der Waals surface area contributed by atoms with Crippen LogP contribution >= 0.6 is 0 Å². The van der Waals surface area contributed by atoms with Crippen molar-refractivity contribution in [1.29, 1.82) is 0 Å². The molecule has 0 unspecified atom stereocenters. The van der Waals surface area contributed by atoms with E-state index >= 15 is 0 Å². The van der Waals surface area contributed by atoms with Gasteiger partial charge in [0.2, 0.25) is 0 Å². The molecule has 6 heteroatoms. The van der Waals surface area contributed by atoms with Crippen LogP contribution in [0, 0.1) is 23.2 Å². The van der Waals surface area contributed by atoms with Crippen LogP contribution in [0.2, 0.25) is 0 Å². The van der Waals surface area contributed by atoms with Crippen molar-refractivity contribution in [3.63, 3.8) is 0 Å². The van der Waals surface area contributed by atoms with Gasteiger partial charge < -0.3 is 20.1 Å². The molecule has 0 spiro atoms. The van der Waals surface area contributed by atoms with Crippen LogP contribution in [0.4, 0.5) is 0 Å². The Kier molecular flexibility index (Phi) is 10.9. The largest absolute Gasteiger partial charge is 0.481 e. The molecule has 5 atom stereocenters. The number of esters is 1. The summed E-state index contributed by atoms with van der Waals surface area (Å²) in [7, 11) is 0. The van der Waals surface area contributed by atoms with Gasteiger partial charge >= 0.3 is 11.9 Å². The van der Waals surface area contributed by atoms with Gasteiger partial charge in [0, 0.05) is 12.3 Å². The monoisotopic (exact) mass is 412 g/mol. The van der Waals surface area contributed by atoms with Crippen molar-refractivity contribution in [3.05, 3.63) is 12.2 Å². The van der Waals surface area contributed by atoms with E-state index in [1.807, 2.05) is 26.8 Å². The van der Waals surface area contributed by atoms with Gasteiger partial charge in [-0.25, -0.2) is 0 Å². The van der Waals surface area contributed by atoms with E-state index in [2.05, 4.69) is 6.92 Å². The summed E-state index contributed by atoms with van der Waals surface area (Å²) in [6, 6.07) is 0. The number of carboxylic acid groups (broad SMARTS) is 1. The predicted molar refractivity (Wildman–Crippen MR) is 112 cm³/mol. The fourth-order valence-corrected chi connectivity index (χ4v) is 4.05. The summed E-state index contributed by atoms with van der Waals surface area (Å²) >= 11 is 0. The molecule has 1 saturated carbocycles. The van der Waals surface area contributed by atoms with Crippen LogP contribution in [0.1, 0.15) is 79.1 Å². The fraction of sp³-hybridized carbons (Fsp3) is 0.826. The summed E-state index contributed by atoms with van der Waals surface area (Å²) in [6.07, 6.45) is 7.38. The second-order valence-electron chi connectivity index (χ2n) is 9.08. The molecule has 0 saturated heterocycles. The molecule has 1 aliphatic rings. The lowest BCUT2D eigenvalue weighted by atomic mass is 9.70. The van der Waals surface area contributed by atoms with E-state index in [9.17, 15) is 19.8 Å². The number of hydrogen-bond acceptors (Lipinski definition) is 5. The SMILES string of the molecule is CCC[C@@H]1CCC[C@H](/C=C/[C@@H](O)C[C@@H](O)CC(=O)O)[C@H]1COC(=O)C(C)(C)CC. The van der Waals surface area contributed by atoms with Crippen molar-refractivity contribution in [2.45, 2.75) is 91.3 Å². The molecule has 0 aliphatic heterocycles. The van der Waals surface area contributed by atoms with Crippen molar-refractivity contribution in [2.24, 2.45) is 23.2 Å². The van der Waals surface area contributed by atoms with Gasteiger partial charge in [-0.3, -0.25) is 9.59 Å². The number of rotatable bonds is 12. The highest BCUT2D eigenvalue weighted by Gasteiger charge is 2.34. The zero-order valence-electron chi connectivity index (χ0n) is 18.5. The number of hydrogen-bond donors (Lipinski definition) is 3. The Morgan fingerprint density at radius 2 is 1.90 bits per heavy atom. The number of allylic oxidation sites excluding steroid dienone is 1. The van der Waals surface area contributed by atoms with Crippen LogP contribution < -0.4 is 0 Å². The van der Waals surface area contributed by atoms with Crippen LogP contribution in [-0.4, -0.2) is 46.1 Å². The van der Waals surface area contributed by atoms with Gasteiger partial charge in [0.1, 0.15) is 0 Å². The smallest absolute Gasteiger partial charge is 0.311 e. The third kappa shape index (κ3) is 8.87. The Morgan fingerprint density at radius 3 is 2.48 bits per heavy atom. The molecule has 29 heavy (non-hydrogen) atoms. The number of carbonyl (C=O) groups is 2. The molecule has 0 aromatic heterocycles. The molecule has 0 aromatic rings. The van der Waals surface area contributed by atoms with Gasteiger partial charge in [-0.15, -0.1) is 0 Å². The molecular weight excluding hydrogens is 372 g/mol. The average Bonchev–Trinajstić information content (AvgIpc) is 2.64.